The highest BCUT2D eigenvalue weighted by atomic mass is 35.5. The van der Waals surface area contributed by atoms with Crippen LogP contribution in [0.3, 0.4) is 0 Å². The van der Waals surface area contributed by atoms with E-state index in [1.807, 2.05) is 12.1 Å². The van der Waals surface area contributed by atoms with Gasteiger partial charge in [0, 0.05) is 22.5 Å². The first kappa shape index (κ1) is 16.0. The van der Waals surface area contributed by atoms with E-state index in [-0.39, 0.29) is 4.90 Å². The molecule has 0 fully saturated rings. The van der Waals surface area contributed by atoms with Crippen LogP contribution < -0.4 is 5.14 Å². The minimum Gasteiger partial charge on any atom is -0.298 e. The van der Waals surface area contributed by atoms with Crippen LogP contribution >= 0.6 is 23.2 Å². The Morgan fingerprint density at radius 1 is 0.957 bits per heavy atom. The standard InChI is InChI=1S/C15H11Cl2N3O2S/c16-11-3-1-10(2-4-11)15-19-14(17)9-20(15)12-5-7-13(8-6-12)23(18,21)22/h1-9H,(H2,18,21,22). The normalized spacial score (nSPS) is 11.6. The molecule has 1 heterocycles. The zero-order chi connectivity index (χ0) is 16.6. The summed E-state index contributed by atoms with van der Waals surface area (Å²) >= 11 is 11.9. The number of benzene rings is 2. The number of nitrogens with zero attached hydrogens (tertiary/aromatic N) is 2. The van der Waals surface area contributed by atoms with Crippen LogP contribution in [0.1, 0.15) is 0 Å². The Labute approximate surface area is 143 Å². The van der Waals surface area contributed by atoms with Gasteiger partial charge in [0.15, 0.2) is 0 Å². The highest BCUT2D eigenvalue weighted by Crippen LogP contribution is 2.26. The molecule has 5 nitrogen and oxygen atoms in total. The Balaban J connectivity index is 2.09. The Kier molecular flexibility index (Phi) is 4.16. The van der Waals surface area contributed by atoms with E-state index < -0.39 is 10.0 Å². The molecule has 0 bridgehead atoms. The van der Waals surface area contributed by atoms with Crippen molar-refractivity contribution in [2.24, 2.45) is 5.14 Å². The third-order valence-electron chi connectivity index (χ3n) is 3.22. The molecule has 0 aliphatic carbocycles. The molecule has 23 heavy (non-hydrogen) atoms. The second kappa shape index (κ2) is 5.98. The molecule has 2 N–H and O–H groups in total. The second-order valence-corrected chi connectivity index (χ2v) is 7.19. The van der Waals surface area contributed by atoms with E-state index in [2.05, 4.69) is 4.98 Å². The third-order valence-corrected chi connectivity index (χ3v) is 4.59. The van der Waals surface area contributed by atoms with Gasteiger partial charge < -0.3 is 0 Å². The Morgan fingerprint density at radius 2 is 1.57 bits per heavy atom. The van der Waals surface area contributed by atoms with Crippen LogP contribution in [-0.4, -0.2) is 18.0 Å². The van der Waals surface area contributed by atoms with Crippen molar-refractivity contribution in [3.63, 3.8) is 0 Å². The molecule has 118 valence electrons. The monoisotopic (exact) mass is 367 g/mol. The van der Waals surface area contributed by atoms with Crippen molar-refractivity contribution >= 4 is 33.2 Å². The maximum Gasteiger partial charge on any atom is 0.238 e. The molecular weight excluding hydrogens is 357 g/mol. The van der Waals surface area contributed by atoms with Crippen molar-refractivity contribution in [3.8, 4) is 17.1 Å². The first-order chi connectivity index (χ1) is 10.8. The molecule has 0 saturated heterocycles. The number of nitrogens with two attached hydrogens (primary N) is 1. The summed E-state index contributed by atoms with van der Waals surface area (Å²) in [6.45, 7) is 0. The van der Waals surface area contributed by atoms with Crippen LogP contribution in [0.5, 0.6) is 0 Å². The Bertz CT molecular complexity index is 949. The molecule has 0 unspecified atom stereocenters. The average Bonchev–Trinajstić information content (AvgIpc) is 2.89. The van der Waals surface area contributed by atoms with Crippen molar-refractivity contribution in [1.82, 2.24) is 9.55 Å². The molecule has 0 aliphatic rings. The van der Waals surface area contributed by atoms with Crippen molar-refractivity contribution in [3.05, 3.63) is 64.9 Å². The number of hydrogen-bond acceptors (Lipinski definition) is 3. The van der Waals surface area contributed by atoms with Crippen molar-refractivity contribution < 1.29 is 8.42 Å². The van der Waals surface area contributed by atoms with E-state index in [9.17, 15) is 8.42 Å². The van der Waals surface area contributed by atoms with E-state index in [0.717, 1.165) is 5.56 Å². The second-order valence-electron chi connectivity index (χ2n) is 4.80. The van der Waals surface area contributed by atoms with E-state index in [0.29, 0.717) is 21.7 Å². The van der Waals surface area contributed by atoms with Gasteiger partial charge in [0.05, 0.1) is 4.90 Å². The van der Waals surface area contributed by atoms with Gasteiger partial charge in [-0.3, -0.25) is 4.57 Å². The SMILES string of the molecule is NS(=O)(=O)c1ccc(-n2cc(Cl)nc2-c2ccc(Cl)cc2)cc1. The maximum absolute atomic E-state index is 11.3. The van der Waals surface area contributed by atoms with Crippen molar-refractivity contribution in [2.45, 2.75) is 4.90 Å². The molecule has 0 spiro atoms. The molecule has 0 radical (unpaired) electrons. The summed E-state index contributed by atoms with van der Waals surface area (Å²) in [5, 5.41) is 6.05. The minimum absolute atomic E-state index is 0.0421. The highest BCUT2D eigenvalue weighted by Gasteiger charge is 2.12. The number of imidazole rings is 1. The summed E-state index contributed by atoms with van der Waals surface area (Å²) in [5.74, 6) is 0.620. The number of rotatable bonds is 3. The van der Waals surface area contributed by atoms with Gasteiger partial charge in [0.1, 0.15) is 11.0 Å². The van der Waals surface area contributed by atoms with Crippen molar-refractivity contribution in [2.75, 3.05) is 0 Å². The zero-order valence-electron chi connectivity index (χ0n) is 11.6. The smallest absolute Gasteiger partial charge is 0.238 e. The average molecular weight is 368 g/mol. The fourth-order valence-electron chi connectivity index (χ4n) is 2.15. The predicted molar refractivity (Wildman–Crippen MR) is 90.4 cm³/mol. The summed E-state index contributed by atoms with van der Waals surface area (Å²) in [6, 6.07) is 13.3. The Hall–Kier alpha value is -1.86. The van der Waals surface area contributed by atoms with Gasteiger partial charge in [-0.05, 0) is 48.5 Å². The van der Waals surface area contributed by atoms with Gasteiger partial charge in [0.25, 0.3) is 0 Å². The summed E-state index contributed by atoms with van der Waals surface area (Å²) in [6.07, 6.45) is 1.65. The van der Waals surface area contributed by atoms with E-state index in [1.54, 1.807) is 35.0 Å². The van der Waals surface area contributed by atoms with Crippen LogP contribution in [0.25, 0.3) is 17.1 Å². The number of hydrogen-bond donors (Lipinski definition) is 1. The molecule has 3 rings (SSSR count). The van der Waals surface area contributed by atoms with Crippen LogP contribution in [0.2, 0.25) is 10.2 Å². The minimum atomic E-state index is -3.73. The molecule has 0 atom stereocenters. The lowest BCUT2D eigenvalue weighted by molar-refractivity contribution is 0.598. The van der Waals surface area contributed by atoms with Gasteiger partial charge in [-0.25, -0.2) is 18.5 Å². The zero-order valence-corrected chi connectivity index (χ0v) is 14.0. The molecule has 8 heteroatoms. The molecule has 1 aromatic heterocycles. The summed E-state index contributed by atoms with van der Waals surface area (Å²) < 4.78 is 24.4. The molecule has 0 amide bonds. The quantitative estimate of drug-likeness (QED) is 0.769. The number of sulfonamides is 1. The van der Waals surface area contributed by atoms with Gasteiger partial charge in [-0.1, -0.05) is 23.2 Å². The van der Waals surface area contributed by atoms with Crippen LogP contribution in [0, 0.1) is 0 Å². The van der Waals surface area contributed by atoms with E-state index in [4.69, 9.17) is 28.3 Å². The van der Waals surface area contributed by atoms with Crippen LogP contribution in [-0.2, 0) is 10.0 Å². The Morgan fingerprint density at radius 3 is 2.13 bits per heavy atom. The largest absolute Gasteiger partial charge is 0.298 e. The van der Waals surface area contributed by atoms with Gasteiger partial charge in [0.2, 0.25) is 10.0 Å². The molecular formula is C15H11Cl2N3O2S. The van der Waals surface area contributed by atoms with Crippen LogP contribution in [0.4, 0.5) is 0 Å². The number of halogens is 2. The fraction of sp³-hybridized carbons (Fsp3) is 0. The lowest BCUT2D eigenvalue weighted by atomic mass is 10.2. The first-order valence-electron chi connectivity index (χ1n) is 6.49. The van der Waals surface area contributed by atoms with E-state index in [1.165, 1.54) is 12.1 Å². The lowest BCUT2D eigenvalue weighted by Gasteiger charge is -2.08. The highest BCUT2D eigenvalue weighted by molar-refractivity contribution is 7.89. The number of primary sulfonamides is 1. The summed E-state index contributed by atoms with van der Waals surface area (Å²) in [4.78, 5) is 4.34. The van der Waals surface area contributed by atoms with Crippen molar-refractivity contribution in [1.29, 1.82) is 0 Å². The van der Waals surface area contributed by atoms with Crippen LogP contribution in [0.15, 0.2) is 59.6 Å². The molecule has 0 aliphatic heterocycles. The molecule has 2 aromatic carbocycles. The topological polar surface area (TPSA) is 78.0 Å². The van der Waals surface area contributed by atoms with Gasteiger partial charge in [-0.2, -0.15) is 0 Å². The van der Waals surface area contributed by atoms with Gasteiger partial charge >= 0.3 is 0 Å². The number of aromatic nitrogens is 2. The molecule has 3 aromatic rings. The molecule has 0 saturated carbocycles. The summed E-state index contributed by atoms with van der Waals surface area (Å²) in [7, 11) is -3.73. The summed E-state index contributed by atoms with van der Waals surface area (Å²) in [5.41, 5.74) is 1.54. The van der Waals surface area contributed by atoms with Gasteiger partial charge in [-0.15, -0.1) is 0 Å². The first-order valence-corrected chi connectivity index (χ1v) is 8.79. The predicted octanol–water partition coefficient (Wildman–Crippen LogP) is 3.49. The van der Waals surface area contributed by atoms with E-state index >= 15 is 0 Å². The lowest BCUT2D eigenvalue weighted by Crippen LogP contribution is -2.12. The fourth-order valence-corrected chi connectivity index (χ4v) is 2.97. The third kappa shape index (κ3) is 3.40. The maximum atomic E-state index is 11.3.